The van der Waals surface area contributed by atoms with Gasteiger partial charge in [0.25, 0.3) is 0 Å². The van der Waals surface area contributed by atoms with E-state index in [4.69, 9.17) is 5.11 Å². The van der Waals surface area contributed by atoms with Crippen LogP contribution in [0.1, 0.15) is 19.3 Å². The smallest absolute Gasteiger partial charge is 0.303 e. The Morgan fingerprint density at radius 3 is 2.38 bits per heavy atom. The summed E-state index contributed by atoms with van der Waals surface area (Å²) in [6.07, 6.45) is 2.14. The summed E-state index contributed by atoms with van der Waals surface area (Å²) in [5, 5.41) is 10.0. The molecule has 0 radical (unpaired) electrons. The van der Waals surface area contributed by atoms with E-state index in [1.165, 1.54) is 11.2 Å². The molecule has 0 saturated heterocycles. The van der Waals surface area contributed by atoms with Gasteiger partial charge in [-0.15, -0.1) is 0 Å². The number of carbonyl (C=O) groups is 1. The molecule has 0 unspecified atom stereocenters. The van der Waals surface area contributed by atoms with Gasteiger partial charge in [-0.1, -0.05) is 61.1 Å². The van der Waals surface area contributed by atoms with Crippen molar-refractivity contribution in [1.82, 2.24) is 0 Å². The van der Waals surface area contributed by atoms with E-state index in [2.05, 4.69) is 37.4 Å². The van der Waals surface area contributed by atoms with E-state index in [0.29, 0.717) is 6.42 Å². The van der Waals surface area contributed by atoms with Crippen molar-refractivity contribution < 1.29 is 9.90 Å². The summed E-state index contributed by atoms with van der Waals surface area (Å²) in [5.74, 6) is -0.681. The Balaban J connectivity index is 2.43. The van der Waals surface area contributed by atoms with Crippen LogP contribution in [0, 0.1) is 0 Å². The minimum Gasteiger partial charge on any atom is -0.481 e. The average Bonchev–Trinajstić information content (AvgIpc) is 2.26. The van der Waals surface area contributed by atoms with Crippen molar-refractivity contribution in [3.63, 3.8) is 0 Å². The van der Waals surface area contributed by atoms with E-state index in [9.17, 15) is 4.79 Å². The second kappa shape index (κ2) is 5.85. The molecule has 0 saturated carbocycles. The molecule has 0 heterocycles. The van der Waals surface area contributed by atoms with Crippen LogP contribution in [0.25, 0.3) is 0 Å². The molecule has 1 aromatic rings. The summed E-state index contributed by atoms with van der Waals surface area (Å²) in [6, 6.07) is 11.8. The van der Waals surface area contributed by atoms with Crippen molar-refractivity contribution >= 4 is 19.2 Å². The number of rotatable bonds is 6. The molecule has 0 spiro atoms. The molecule has 0 aromatic heterocycles. The van der Waals surface area contributed by atoms with Crippen LogP contribution in [-0.4, -0.2) is 19.1 Å². The first-order valence-corrected chi connectivity index (χ1v) is 9.00. The van der Waals surface area contributed by atoms with Gasteiger partial charge >= 0.3 is 5.97 Å². The Kier molecular flexibility index (Phi) is 4.74. The van der Waals surface area contributed by atoms with Gasteiger partial charge in [0.05, 0.1) is 8.07 Å². The number of carboxylic acids is 1. The molecule has 2 nitrogen and oxygen atoms in total. The first kappa shape index (κ1) is 13.0. The number of hydrogen-bond donors (Lipinski definition) is 1. The Hall–Kier alpha value is -1.09. The van der Waals surface area contributed by atoms with E-state index in [1.807, 2.05) is 6.07 Å². The second-order valence-corrected chi connectivity index (χ2v) is 9.70. The number of unbranched alkanes of at least 4 members (excludes halogenated alkanes) is 1. The summed E-state index contributed by atoms with van der Waals surface area (Å²) >= 11 is 0. The molecule has 0 aliphatic heterocycles. The van der Waals surface area contributed by atoms with Crippen molar-refractivity contribution in [2.45, 2.75) is 38.4 Å². The molecule has 1 rings (SSSR count). The van der Waals surface area contributed by atoms with E-state index in [1.54, 1.807) is 0 Å². The fourth-order valence-electron chi connectivity index (χ4n) is 1.88. The Bertz CT molecular complexity index is 333. The highest BCUT2D eigenvalue weighted by atomic mass is 28.3. The van der Waals surface area contributed by atoms with Gasteiger partial charge < -0.3 is 5.11 Å². The summed E-state index contributed by atoms with van der Waals surface area (Å²) < 4.78 is 0. The van der Waals surface area contributed by atoms with Crippen molar-refractivity contribution in [3.8, 4) is 0 Å². The molecule has 3 heteroatoms. The van der Waals surface area contributed by atoms with Crippen LogP contribution in [0.5, 0.6) is 0 Å². The number of benzene rings is 1. The minimum atomic E-state index is -1.34. The molecule has 0 bridgehead atoms. The van der Waals surface area contributed by atoms with Crippen LogP contribution in [0.15, 0.2) is 30.3 Å². The lowest BCUT2D eigenvalue weighted by molar-refractivity contribution is -0.137. The molecule has 88 valence electrons. The van der Waals surface area contributed by atoms with Crippen molar-refractivity contribution in [3.05, 3.63) is 30.3 Å². The van der Waals surface area contributed by atoms with Gasteiger partial charge in [0.15, 0.2) is 0 Å². The van der Waals surface area contributed by atoms with Crippen LogP contribution < -0.4 is 5.19 Å². The number of carboxylic acid groups (broad SMARTS) is 1. The number of hydrogen-bond acceptors (Lipinski definition) is 1. The minimum absolute atomic E-state index is 0.305. The van der Waals surface area contributed by atoms with Crippen LogP contribution in [-0.2, 0) is 4.79 Å². The third kappa shape index (κ3) is 4.19. The molecule has 0 aliphatic carbocycles. The normalized spacial score (nSPS) is 11.4. The predicted octanol–water partition coefficient (Wildman–Crippen LogP) is 2.86. The molecule has 16 heavy (non-hydrogen) atoms. The number of aliphatic carboxylic acids is 1. The Labute approximate surface area is 98.3 Å². The van der Waals surface area contributed by atoms with Gasteiger partial charge in [0.1, 0.15) is 0 Å². The highest BCUT2D eigenvalue weighted by Crippen LogP contribution is 2.14. The zero-order valence-electron chi connectivity index (χ0n) is 10.1. The summed E-state index contributed by atoms with van der Waals surface area (Å²) in [4.78, 5) is 10.4. The lowest BCUT2D eigenvalue weighted by Crippen LogP contribution is -2.40. The highest BCUT2D eigenvalue weighted by Gasteiger charge is 2.22. The quantitative estimate of drug-likeness (QED) is 0.609. The van der Waals surface area contributed by atoms with Gasteiger partial charge in [0.2, 0.25) is 0 Å². The van der Waals surface area contributed by atoms with Gasteiger partial charge in [-0.25, -0.2) is 0 Å². The van der Waals surface area contributed by atoms with Crippen LogP contribution in [0.4, 0.5) is 0 Å². The predicted molar refractivity (Wildman–Crippen MR) is 69.9 cm³/mol. The van der Waals surface area contributed by atoms with Crippen molar-refractivity contribution in [1.29, 1.82) is 0 Å². The van der Waals surface area contributed by atoms with Crippen LogP contribution in [0.3, 0.4) is 0 Å². The van der Waals surface area contributed by atoms with Crippen LogP contribution >= 0.6 is 0 Å². The van der Waals surface area contributed by atoms with Crippen molar-refractivity contribution in [2.24, 2.45) is 0 Å². The first-order valence-electron chi connectivity index (χ1n) is 5.80. The maximum absolute atomic E-state index is 10.4. The zero-order chi connectivity index (χ0) is 12.0. The standard InChI is InChI=1S/C13H20O2Si/c1-16(2,11-7-6-10-13(14)15)12-8-4-3-5-9-12/h3-5,8-9H,6-7,10-11H2,1-2H3,(H,14,15). The Morgan fingerprint density at radius 2 is 1.81 bits per heavy atom. The lowest BCUT2D eigenvalue weighted by atomic mass is 10.2. The van der Waals surface area contributed by atoms with Gasteiger partial charge in [-0.3, -0.25) is 4.79 Å². The molecule has 0 amide bonds. The van der Waals surface area contributed by atoms with E-state index in [0.717, 1.165) is 12.8 Å². The zero-order valence-corrected chi connectivity index (χ0v) is 11.1. The second-order valence-electron chi connectivity index (χ2n) is 4.85. The topological polar surface area (TPSA) is 37.3 Å². The SMILES string of the molecule is C[Si](C)(CCCCC(=O)O)c1ccccc1. The van der Waals surface area contributed by atoms with Crippen molar-refractivity contribution in [2.75, 3.05) is 0 Å². The van der Waals surface area contributed by atoms with Gasteiger partial charge in [-0.2, -0.15) is 0 Å². The molecule has 1 N–H and O–H groups in total. The van der Waals surface area contributed by atoms with Gasteiger partial charge in [-0.05, 0) is 6.42 Å². The monoisotopic (exact) mass is 236 g/mol. The van der Waals surface area contributed by atoms with Crippen LogP contribution in [0.2, 0.25) is 19.1 Å². The molecular weight excluding hydrogens is 216 g/mol. The largest absolute Gasteiger partial charge is 0.481 e. The van der Waals surface area contributed by atoms with Gasteiger partial charge in [0, 0.05) is 6.42 Å². The third-order valence-corrected chi connectivity index (χ3v) is 6.50. The molecule has 0 atom stereocenters. The summed E-state index contributed by atoms with van der Waals surface area (Å²) in [6.45, 7) is 4.70. The fraction of sp³-hybridized carbons (Fsp3) is 0.462. The summed E-state index contributed by atoms with van der Waals surface area (Å²) in [7, 11) is -1.34. The molecule has 0 fully saturated rings. The maximum atomic E-state index is 10.4. The van der Waals surface area contributed by atoms with E-state index in [-0.39, 0.29) is 0 Å². The average molecular weight is 236 g/mol. The molecule has 0 aliphatic rings. The first-order chi connectivity index (χ1) is 7.52. The molecule has 1 aromatic carbocycles. The summed E-state index contributed by atoms with van der Waals surface area (Å²) in [5.41, 5.74) is 0. The third-order valence-electron chi connectivity index (χ3n) is 3.00. The van der Waals surface area contributed by atoms with E-state index < -0.39 is 14.0 Å². The Morgan fingerprint density at radius 1 is 1.19 bits per heavy atom. The molecular formula is C13H20O2Si. The lowest BCUT2D eigenvalue weighted by Gasteiger charge is -2.22. The van der Waals surface area contributed by atoms with E-state index >= 15 is 0 Å². The maximum Gasteiger partial charge on any atom is 0.303 e. The highest BCUT2D eigenvalue weighted by molar-refractivity contribution is 6.89. The fourth-order valence-corrected chi connectivity index (χ4v) is 4.39.